The third-order valence-corrected chi connectivity index (χ3v) is 2.62. The Morgan fingerprint density at radius 3 is 2.94 bits per heavy atom. The minimum absolute atomic E-state index is 0.461. The van der Waals surface area contributed by atoms with Crippen LogP contribution in [0.5, 0.6) is 5.75 Å². The highest BCUT2D eigenvalue weighted by atomic mass is 35.5. The summed E-state index contributed by atoms with van der Waals surface area (Å²) < 4.78 is 7.01. The van der Waals surface area contributed by atoms with Crippen LogP contribution in [0.25, 0.3) is 10.9 Å². The lowest BCUT2D eigenvalue weighted by Crippen LogP contribution is -2.22. The molecule has 0 unspecified atom stereocenters. The van der Waals surface area contributed by atoms with Crippen LogP contribution in [-0.2, 0) is 7.05 Å². The van der Waals surface area contributed by atoms with Gasteiger partial charge in [-0.2, -0.15) is 0 Å². The number of hydrogen-bond donors (Lipinski definition) is 1. The molecule has 0 atom stereocenters. The number of benzene rings is 1. The van der Waals surface area contributed by atoms with E-state index in [1.807, 2.05) is 23.7 Å². The van der Waals surface area contributed by atoms with E-state index in [9.17, 15) is 4.79 Å². The van der Waals surface area contributed by atoms with Crippen LogP contribution in [-0.4, -0.2) is 17.7 Å². The Bertz CT molecular complexity index is 548. The Balaban J connectivity index is 2.57. The summed E-state index contributed by atoms with van der Waals surface area (Å²) >= 11 is 6.08. The van der Waals surface area contributed by atoms with Crippen molar-refractivity contribution in [1.29, 1.82) is 0 Å². The van der Waals surface area contributed by atoms with E-state index in [2.05, 4.69) is 5.32 Å². The fourth-order valence-electron chi connectivity index (χ4n) is 1.59. The average molecular weight is 239 g/mol. The lowest BCUT2D eigenvalue weighted by Gasteiger charge is -2.05. The summed E-state index contributed by atoms with van der Waals surface area (Å²) in [4.78, 5) is 11.2. The van der Waals surface area contributed by atoms with E-state index in [0.29, 0.717) is 10.8 Å². The van der Waals surface area contributed by atoms with Crippen molar-refractivity contribution in [3.63, 3.8) is 0 Å². The number of fused-ring (bicyclic) bond motifs is 1. The molecule has 0 aliphatic carbocycles. The van der Waals surface area contributed by atoms with Crippen molar-refractivity contribution < 1.29 is 9.53 Å². The first-order valence-corrected chi connectivity index (χ1v) is 5.14. The van der Waals surface area contributed by atoms with Crippen molar-refractivity contribution in [2.75, 3.05) is 7.05 Å². The molecule has 1 heterocycles. The third-order valence-electron chi connectivity index (χ3n) is 2.34. The fourth-order valence-corrected chi connectivity index (χ4v) is 1.93. The minimum Gasteiger partial charge on any atom is -0.410 e. The van der Waals surface area contributed by atoms with Gasteiger partial charge in [0, 0.05) is 20.3 Å². The maximum absolute atomic E-state index is 11.2. The number of aryl methyl sites for hydroxylation is 1. The summed E-state index contributed by atoms with van der Waals surface area (Å²) in [6.45, 7) is 0. The van der Waals surface area contributed by atoms with Gasteiger partial charge in [0.05, 0.1) is 15.9 Å². The lowest BCUT2D eigenvalue weighted by molar-refractivity contribution is 0.203. The molecule has 2 aromatic rings. The Morgan fingerprint density at radius 1 is 1.50 bits per heavy atom. The molecule has 4 nitrogen and oxygen atoms in total. The molecule has 0 aliphatic rings. The van der Waals surface area contributed by atoms with Gasteiger partial charge in [-0.15, -0.1) is 0 Å². The number of aromatic nitrogens is 1. The first kappa shape index (κ1) is 10.8. The number of carbonyl (C=O) groups is 1. The van der Waals surface area contributed by atoms with Gasteiger partial charge in [0.25, 0.3) is 0 Å². The summed E-state index contributed by atoms with van der Waals surface area (Å²) in [5.74, 6) is 0.461. The number of amides is 1. The van der Waals surface area contributed by atoms with E-state index in [1.54, 1.807) is 12.3 Å². The maximum atomic E-state index is 11.2. The topological polar surface area (TPSA) is 43.3 Å². The van der Waals surface area contributed by atoms with E-state index < -0.39 is 6.09 Å². The zero-order valence-electron chi connectivity index (χ0n) is 8.95. The van der Waals surface area contributed by atoms with E-state index in [4.69, 9.17) is 16.3 Å². The zero-order chi connectivity index (χ0) is 11.7. The number of ether oxygens (including phenoxy) is 1. The summed E-state index contributed by atoms with van der Waals surface area (Å²) in [6, 6.07) is 5.44. The Hall–Kier alpha value is -1.68. The average Bonchev–Trinajstić information content (AvgIpc) is 2.56. The molecule has 1 aromatic heterocycles. The number of hydrogen-bond acceptors (Lipinski definition) is 2. The Morgan fingerprint density at radius 2 is 2.25 bits per heavy atom. The Labute approximate surface area is 97.8 Å². The standard InChI is InChI=1S/C11H11ClN2O2/c1-13-11(15)16-9-5-3-4-8-10(9)7(12)6-14(8)2/h3-6H,1-2H3,(H,13,15). The SMILES string of the molecule is CNC(=O)Oc1cccc2c1c(Cl)cn2C. The maximum Gasteiger partial charge on any atom is 0.412 e. The molecule has 0 saturated heterocycles. The molecular formula is C11H11ClN2O2. The number of nitrogens with one attached hydrogen (secondary N) is 1. The largest absolute Gasteiger partial charge is 0.412 e. The van der Waals surface area contributed by atoms with E-state index in [1.165, 1.54) is 7.05 Å². The van der Waals surface area contributed by atoms with Gasteiger partial charge in [-0.3, -0.25) is 0 Å². The fraction of sp³-hybridized carbons (Fsp3) is 0.182. The van der Waals surface area contributed by atoms with Gasteiger partial charge < -0.3 is 14.6 Å². The molecule has 2 rings (SSSR count). The first-order valence-electron chi connectivity index (χ1n) is 4.76. The second kappa shape index (κ2) is 4.06. The number of rotatable bonds is 1. The van der Waals surface area contributed by atoms with Crippen LogP contribution in [0.3, 0.4) is 0 Å². The second-order valence-electron chi connectivity index (χ2n) is 3.38. The highest BCUT2D eigenvalue weighted by molar-refractivity contribution is 6.36. The van der Waals surface area contributed by atoms with Gasteiger partial charge in [-0.25, -0.2) is 4.79 Å². The summed E-state index contributed by atoms with van der Waals surface area (Å²) in [5.41, 5.74) is 0.923. The molecule has 0 radical (unpaired) electrons. The van der Waals surface area contributed by atoms with Gasteiger partial charge >= 0.3 is 6.09 Å². The van der Waals surface area contributed by atoms with Crippen LogP contribution in [0, 0.1) is 0 Å². The molecule has 5 heteroatoms. The first-order chi connectivity index (χ1) is 7.63. The molecule has 0 fully saturated rings. The number of halogens is 1. The van der Waals surface area contributed by atoms with Crippen LogP contribution in [0.4, 0.5) is 4.79 Å². The van der Waals surface area contributed by atoms with Crippen LogP contribution >= 0.6 is 11.6 Å². The monoisotopic (exact) mass is 238 g/mol. The molecule has 16 heavy (non-hydrogen) atoms. The van der Waals surface area contributed by atoms with Crippen molar-refractivity contribution >= 4 is 28.6 Å². The molecule has 0 saturated carbocycles. The van der Waals surface area contributed by atoms with Crippen molar-refractivity contribution in [1.82, 2.24) is 9.88 Å². The van der Waals surface area contributed by atoms with Gasteiger partial charge in [-0.1, -0.05) is 17.7 Å². The van der Waals surface area contributed by atoms with Gasteiger partial charge in [0.15, 0.2) is 0 Å². The van der Waals surface area contributed by atoms with Crippen LogP contribution in [0.1, 0.15) is 0 Å². The molecule has 0 bridgehead atoms. The smallest absolute Gasteiger partial charge is 0.410 e. The van der Waals surface area contributed by atoms with Crippen molar-refractivity contribution in [3.8, 4) is 5.75 Å². The predicted octanol–water partition coefficient (Wildman–Crippen LogP) is 2.55. The van der Waals surface area contributed by atoms with Crippen molar-refractivity contribution in [2.24, 2.45) is 7.05 Å². The normalized spacial score (nSPS) is 10.4. The molecule has 0 spiro atoms. The highest BCUT2D eigenvalue weighted by Gasteiger charge is 2.12. The molecular weight excluding hydrogens is 228 g/mol. The van der Waals surface area contributed by atoms with Gasteiger partial charge in [0.1, 0.15) is 5.75 Å². The summed E-state index contributed by atoms with van der Waals surface area (Å²) in [6.07, 6.45) is 1.27. The van der Waals surface area contributed by atoms with E-state index in [0.717, 1.165) is 10.9 Å². The van der Waals surface area contributed by atoms with Gasteiger partial charge in [-0.05, 0) is 12.1 Å². The number of nitrogens with zero attached hydrogens (tertiary/aromatic N) is 1. The minimum atomic E-state index is -0.507. The van der Waals surface area contributed by atoms with E-state index >= 15 is 0 Å². The third kappa shape index (κ3) is 1.72. The molecule has 0 aliphatic heterocycles. The zero-order valence-corrected chi connectivity index (χ0v) is 9.71. The molecule has 1 amide bonds. The summed E-state index contributed by atoms with van der Waals surface area (Å²) in [5, 5.41) is 3.71. The second-order valence-corrected chi connectivity index (χ2v) is 3.78. The summed E-state index contributed by atoms with van der Waals surface area (Å²) in [7, 11) is 3.40. The van der Waals surface area contributed by atoms with Crippen molar-refractivity contribution in [2.45, 2.75) is 0 Å². The van der Waals surface area contributed by atoms with Gasteiger partial charge in [0.2, 0.25) is 0 Å². The molecule has 1 N–H and O–H groups in total. The Kier molecular flexibility index (Phi) is 2.75. The lowest BCUT2D eigenvalue weighted by atomic mass is 10.2. The predicted molar refractivity (Wildman–Crippen MR) is 63.0 cm³/mol. The quantitative estimate of drug-likeness (QED) is 0.830. The molecule has 84 valence electrons. The van der Waals surface area contributed by atoms with Crippen LogP contribution < -0.4 is 10.1 Å². The molecule has 1 aromatic carbocycles. The van der Waals surface area contributed by atoms with E-state index in [-0.39, 0.29) is 0 Å². The van der Waals surface area contributed by atoms with Crippen LogP contribution in [0.2, 0.25) is 5.02 Å². The number of carbonyl (C=O) groups excluding carboxylic acids is 1. The highest BCUT2D eigenvalue weighted by Crippen LogP contribution is 2.33. The van der Waals surface area contributed by atoms with Crippen molar-refractivity contribution in [3.05, 3.63) is 29.4 Å². The van der Waals surface area contributed by atoms with Crippen LogP contribution in [0.15, 0.2) is 24.4 Å².